The fourth-order valence-corrected chi connectivity index (χ4v) is 4.01. The van der Waals surface area contributed by atoms with Gasteiger partial charge in [-0.15, -0.1) is 0 Å². The predicted octanol–water partition coefficient (Wildman–Crippen LogP) is 4.17. The lowest BCUT2D eigenvalue weighted by atomic mass is 10.0. The zero-order valence-electron chi connectivity index (χ0n) is 14.4. The van der Waals surface area contributed by atoms with Crippen LogP contribution in [0.25, 0.3) is 0 Å². The average Bonchev–Trinajstić information content (AvgIpc) is 3.25. The van der Waals surface area contributed by atoms with Gasteiger partial charge in [-0.2, -0.15) is 0 Å². The van der Waals surface area contributed by atoms with E-state index in [0.717, 1.165) is 25.8 Å². The van der Waals surface area contributed by atoms with Crippen molar-refractivity contribution in [1.82, 2.24) is 9.88 Å². The summed E-state index contributed by atoms with van der Waals surface area (Å²) in [4.78, 5) is 19.2. The Bertz CT molecular complexity index is 756. The van der Waals surface area contributed by atoms with Gasteiger partial charge in [0.15, 0.2) is 0 Å². The largest absolute Gasteiger partial charge is 0.335 e. The van der Waals surface area contributed by atoms with Crippen molar-refractivity contribution in [2.24, 2.45) is 5.92 Å². The van der Waals surface area contributed by atoms with Crippen LogP contribution in [0.2, 0.25) is 0 Å². The number of likely N-dealkylation sites (tertiary alicyclic amines) is 1. The number of pyridine rings is 1. The molecule has 3 unspecified atom stereocenters. The van der Waals surface area contributed by atoms with Crippen molar-refractivity contribution in [1.29, 1.82) is 0 Å². The number of nitrogens with zero attached hydrogens (tertiary/aromatic N) is 2. The summed E-state index contributed by atoms with van der Waals surface area (Å²) in [7, 11) is 0. The highest BCUT2D eigenvalue weighted by Crippen LogP contribution is 2.50. The van der Waals surface area contributed by atoms with Crippen LogP contribution in [0.1, 0.15) is 53.5 Å². The van der Waals surface area contributed by atoms with Crippen LogP contribution in [-0.2, 0) is 4.79 Å². The van der Waals surface area contributed by atoms with Crippen molar-refractivity contribution in [3.8, 4) is 0 Å². The number of carbonyl (C=O) groups is 1. The minimum Gasteiger partial charge on any atom is -0.335 e. The molecule has 1 saturated carbocycles. The predicted molar refractivity (Wildman–Crippen MR) is 94.7 cm³/mol. The number of aromatic nitrogens is 1. The van der Waals surface area contributed by atoms with Crippen LogP contribution in [0.5, 0.6) is 0 Å². The number of benzene rings is 1. The molecule has 4 rings (SSSR count). The van der Waals surface area contributed by atoms with Gasteiger partial charge in [-0.25, -0.2) is 0 Å². The third-order valence-corrected chi connectivity index (χ3v) is 5.69. The fraction of sp³-hybridized carbons (Fsp3) is 0.429. The molecule has 0 N–H and O–H groups in total. The number of aryl methyl sites for hydroxylation is 2. The standard InChI is InChI=1S/C21H24N2O/c1-14-5-6-17(12-15(14)2)18-13-19(18)21(24)23-11-3-4-20(23)16-7-9-22-10-8-16/h5-10,12,18-20H,3-4,11,13H2,1-2H3. The highest BCUT2D eigenvalue weighted by Gasteiger charge is 2.47. The van der Waals surface area contributed by atoms with Gasteiger partial charge >= 0.3 is 0 Å². The van der Waals surface area contributed by atoms with Gasteiger partial charge in [0.2, 0.25) is 5.91 Å². The maximum atomic E-state index is 13.0. The topological polar surface area (TPSA) is 33.2 Å². The molecular formula is C21H24N2O. The summed E-state index contributed by atoms with van der Waals surface area (Å²) in [5, 5.41) is 0. The molecule has 2 aromatic rings. The first-order chi connectivity index (χ1) is 11.6. The molecule has 1 amide bonds. The summed E-state index contributed by atoms with van der Waals surface area (Å²) in [5.41, 5.74) is 5.19. The molecule has 124 valence electrons. The van der Waals surface area contributed by atoms with Gasteiger partial charge in [0.05, 0.1) is 6.04 Å². The highest BCUT2D eigenvalue weighted by atomic mass is 16.2. The first kappa shape index (κ1) is 15.4. The van der Waals surface area contributed by atoms with Gasteiger partial charge in [-0.3, -0.25) is 9.78 Å². The summed E-state index contributed by atoms with van der Waals surface area (Å²) in [6.07, 6.45) is 6.81. The average molecular weight is 320 g/mol. The van der Waals surface area contributed by atoms with Crippen LogP contribution in [0.4, 0.5) is 0 Å². The first-order valence-electron chi connectivity index (χ1n) is 8.92. The van der Waals surface area contributed by atoms with Crippen LogP contribution >= 0.6 is 0 Å². The van der Waals surface area contributed by atoms with Gasteiger partial charge < -0.3 is 4.90 Å². The Balaban J connectivity index is 1.49. The molecule has 0 spiro atoms. The van der Waals surface area contributed by atoms with E-state index in [-0.39, 0.29) is 12.0 Å². The Labute approximate surface area is 143 Å². The molecule has 1 aromatic heterocycles. The number of amides is 1. The molecule has 3 heteroatoms. The lowest BCUT2D eigenvalue weighted by molar-refractivity contribution is -0.133. The van der Waals surface area contributed by atoms with E-state index in [1.165, 1.54) is 22.3 Å². The summed E-state index contributed by atoms with van der Waals surface area (Å²) < 4.78 is 0. The summed E-state index contributed by atoms with van der Waals surface area (Å²) in [5.74, 6) is 0.933. The van der Waals surface area contributed by atoms with E-state index >= 15 is 0 Å². The van der Waals surface area contributed by atoms with Crippen LogP contribution in [0.3, 0.4) is 0 Å². The Kier molecular flexibility index (Phi) is 3.87. The lowest BCUT2D eigenvalue weighted by Crippen LogP contribution is -2.32. The molecule has 2 aliphatic rings. The van der Waals surface area contributed by atoms with E-state index in [0.29, 0.717) is 11.8 Å². The summed E-state index contributed by atoms with van der Waals surface area (Å²) in [6, 6.07) is 11.0. The first-order valence-corrected chi connectivity index (χ1v) is 8.92. The Morgan fingerprint density at radius 3 is 2.62 bits per heavy atom. The molecule has 24 heavy (non-hydrogen) atoms. The second kappa shape index (κ2) is 6.04. The van der Waals surface area contributed by atoms with Crippen molar-refractivity contribution in [3.63, 3.8) is 0 Å². The van der Waals surface area contributed by atoms with E-state index in [9.17, 15) is 4.79 Å². The van der Waals surface area contributed by atoms with E-state index in [1.807, 2.05) is 24.5 Å². The molecule has 3 atom stereocenters. The molecular weight excluding hydrogens is 296 g/mol. The molecule has 2 heterocycles. The number of hydrogen-bond acceptors (Lipinski definition) is 2. The maximum Gasteiger partial charge on any atom is 0.226 e. The monoisotopic (exact) mass is 320 g/mol. The molecule has 1 aromatic carbocycles. The second-order valence-corrected chi connectivity index (χ2v) is 7.26. The third-order valence-electron chi connectivity index (χ3n) is 5.69. The SMILES string of the molecule is Cc1ccc(C2CC2C(=O)N2CCCC2c2ccncc2)cc1C. The minimum absolute atomic E-state index is 0.176. The quantitative estimate of drug-likeness (QED) is 0.850. The van der Waals surface area contributed by atoms with E-state index in [2.05, 4.69) is 41.9 Å². The van der Waals surface area contributed by atoms with Gasteiger partial charge in [0.1, 0.15) is 0 Å². The zero-order valence-corrected chi connectivity index (χ0v) is 14.4. The number of carbonyl (C=O) groups excluding carboxylic acids is 1. The number of hydrogen-bond donors (Lipinski definition) is 0. The van der Waals surface area contributed by atoms with Gasteiger partial charge in [-0.05, 0) is 73.4 Å². The van der Waals surface area contributed by atoms with Crippen molar-refractivity contribution >= 4 is 5.91 Å². The number of rotatable bonds is 3. The van der Waals surface area contributed by atoms with Gasteiger partial charge in [-0.1, -0.05) is 18.2 Å². The lowest BCUT2D eigenvalue weighted by Gasteiger charge is -2.25. The van der Waals surface area contributed by atoms with Gasteiger partial charge in [0, 0.05) is 24.9 Å². The molecule has 1 saturated heterocycles. The van der Waals surface area contributed by atoms with Crippen LogP contribution in [0, 0.1) is 19.8 Å². The van der Waals surface area contributed by atoms with E-state index < -0.39 is 0 Å². The Morgan fingerprint density at radius 1 is 1.08 bits per heavy atom. The summed E-state index contributed by atoms with van der Waals surface area (Å²) in [6.45, 7) is 5.18. The van der Waals surface area contributed by atoms with E-state index in [4.69, 9.17) is 0 Å². The zero-order chi connectivity index (χ0) is 16.7. The van der Waals surface area contributed by atoms with Crippen LogP contribution < -0.4 is 0 Å². The van der Waals surface area contributed by atoms with Crippen molar-refractivity contribution in [2.45, 2.75) is 45.1 Å². The van der Waals surface area contributed by atoms with Crippen LogP contribution in [0.15, 0.2) is 42.7 Å². The molecule has 0 radical (unpaired) electrons. The molecule has 0 bridgehead atoms. The van der Waals surface area contributed by atoms with Crippen molar-refractivity contribution in [3.05, 3.63) is 65.0 Å². The smallest absolute Gasteiger partial charge is 0.226 e. The second-order valence-electron chi connectivity index (χ2n) is 7.26. The molecule has 2 fully saturated rings. The van der Waals surface area contributed by atoms with Crippen molar-refractivity contribution in [2.75, 3.05) is 6.54 Å². The van der Waals surface area contributed by atoms with Gasteiger partial charge in [0.25, 0.3) is 0 Å². The minimum atomic E-state index is 0.176. The summed E-state index contributed by atoms with van der Waals surface area (Å²) >= 11 is 0. The third kappa shape index (κ3) is 2.72. The molecule has 1 aliphatic heterocycles. The maximum absolute atomic E-state index is 13.0. The molecule has 1 aliphatic carbocycles. The Hall–Kier alpha value is -2.16. The molecule has 3 nitrogen and oxygen atoms in total. The van der Waals surface area contributed by atoms with E-state index in [1.54, 1.807) is 0 Å². The highest BCUT2D eigenvalue weighted by molar-refractivity contribution is 5.83. The Morgan fingerprint density at radius 2 is 1.88 bits per heavy atom. The van der Waals surface area contributed by atoms with Crippen LogP contribution in [-0.4, -0.2) is 22.3 Å². The fourth-order valence-electron chi connectivity index (χ4n) is 4.01. The normalized spacial score (nSPS) is 25.8. The van der Waals surface area contributed by atoms with Crippen molar-refractivity contribution < 1.29 is 4.79 Å².